The number of imidazole rings is 1. The van der Waals surface area contributed by atoms with Crippen molar-refractivity contribution in [3.05, 3.63) is 60.8 Å². The summed E-state index contributed by atoms with van der Waals surface area (Å²) in [4.78, 5) is 58.5. The van der Waals surface area contributed by atoms with Crippen LogP contribution >= 0.6 is 34.5 Å². The summed E-state index contributed by atoms with van der Waals surface area (Å²) in [6.07, 6.45) is 1.32. The number of aryl methyl sites for hydroxylation is 1. The van der Waals surface area contributed by atoms with Crippen molar-refractivity contribution in [2.75, 3.05) is 5.32 Å². The first kappa shape index (κ1) is 23.9. The van der Waals surface area contributed by atoms with E-state index >= 15 is 0 Å². The Balaban J connectivity index is 1.64. The van der Waals surface area contributed by atoms with Gasteiger partial charge in [0.1, 0.15) is 22.7 Å². The maximum atomic E-state index is 13.0. The highest BCUT2D eigenvalue weighted by atomic mass is 35.5. The number of ketones is 1. The molecule has 10 nitrogen and oxygen atoms in total. The van der Waals surface area contributed by atoms with E-state index in [4.69, 9.17) is 23.2 Å². The molecule has 0 aliphatic heterocycles. The molecule has 0 aliphatic carbocycles. The molecule has 0 fully saturated rings. The first-order chi connectivity index (χ1) is 16.1. The third-order valence-electron chi connectivity index (χ3n) is 5.16. The summed E-state index contributed by atoms with van der Waals surface area (Å²) >= 11 is 13.3. The minimum absolute atomic E-state index is 0.0424. The quantitative estimate of drug-likeness (QED) is 0.416. The van der Waals surface area contributed by atoms with Crippen LogP contribution in [-0.2, 0) is 23.2 Å². The number of hydrogen-bond donors (Lipinski definition) is 1. The number of nitrogens with zero attached hydrogens (tertiary/aromatic N) is 5. The average molecular weight is 521 g/mol. The minimum atomic E-state index is -0.865. The van der Waals surface area contributed by atoms with Crippen molar-refractivity contribution in [1.29, 1.82) is 0 Å². The molecule has 0 spiro atoms. The smallest absolute Gasteiger partial charge is 0.312 e. The van der Waals surface area contributed by atoms with Crippen molar-refractivity contribution < 1.29 is 9.59 Å². The van der Waals surface area contributed by atoms with Gasteiger partial charge in [-0.3, -0.25) is 23.5 Å². The summed E-state index contributed by atoms with van der Waals surface area (Å²) in [7, 11) is 1.45. The molecule has 4 rings (SSSR count). The Hall–Kier alpha value is -3.28. The van der Waals surface area contributed by atoms with Crippen molar-refractivity contribution in [3.63, 3.8) is 0 Å². The molecule has 1 atom stereocenters. The first-order valence-corrected chi connectivity index (χ1v) is 11.6. The zero-order chi connectivity index (χ0) is 24.7. The van der Waals surface area contributed by atoms with Crippen molar-refractivity contribution in [2.45, 2.75) is 26.4 Å². The lowest BCUT2D eigenvalue weighted by Crippen LogP contribution is -2.41. The SMILES string of the molecule is CC(=O)Cn1c(=O)c2c(ncn2C(C)C(=O)Nc2csc(-c3ccc(Cl)c(Cl)c3)n2)n(C)c1=O. The van der Waals surface area contributed by atoms with Gasteiger partial charge in [-0.1, -0.05) is 29.3 Å². The lowest BCUT2D eigenvalue weighted by atomic mass is 10.2. The summed E-state index contributed by atoms with van der Waals surface area (Å²) in [5, 5.41) is 5.86. The van der Waals surface area contributed by atoms with E-state index in [-0.39, 0.29) is 23.5 Å². The molecule has 0 aliphatic rings. The Labute approximate surface area is 206 Å². The fourth-order valence-electron chi connectivity index (χ4n) is 3.39. The topological polar surface area (TPSA) is 121 Å². The number of carbonyl (C=O) groups excluding carboxylic acids is 2. The summed E-state index contributed by atoms with van der Waals surface area (Å²) < 4.78 is 3.37. The number of anilines is 1. The van der Waals surface area contributed by atoms with Crippen LogP contribution in [0.3, 0.4) is 0 Å². The Bertz CT molecular complexity index is 1570. The second-order valence-corrected chi connectivity index (χ2v) is 9.26. The van der Waals surface area contributed by atoms with Crippen molar-refractivity contribution in [2.24, 2.45) is 7.05 Å². The number of Topliss-reactive ketones (excluding diaryl/α,β-unsaturated/α-hetero) is 1. The second-order valence-electron chi connectivity index (χ2n) is 7.59. The van der Waals surface area contributed by atoms with Crippen molar-refractivity contribution in [3.8, 4) is 10.6 Å². The maximum absolute atomic E-state index is 13.0. The van der Waals surface area contributed by atoms with Crippen LogP contribution in [0.1, 0.15) is 19.9 Å². The van der Waals surface area contributed by atoms with Gasteiger partial charge in [-0.25, -0.2) is 14.8 Å². The van der Waals surface area contributed by atoms with E-state index in [1.807, 2.05) is 0 Å². The molecule has 1 aromatic carbocycles. The molecule has 1 unspecified atom stereocenters. The molecule has 4 aromatic rings. The predicted octanol–water partition coefficient (Wildman–Crippen LogP) is 3.12. The van der Waals surface area contributed by atoms with E-state index in [0.29, 0.717) is 20.9 Å². The van der Waals surface area contributed by atoms with Gasteiger partial charge in [-0.05, 0) is 26.0 Å². The van der Waals surface area contributed by atoms with Crippen LogP contribution < -0.4 is 16.6 Å². The van der Waals surface area contributed by atoms with Gasteiger partial charge >= 0.3 is 5.69 Å². The van der Waals surface area contributed by atoms with Crippen LogP contribution in [0.2, 0.25) is 10.0 Å². The highest BCUT2D eigenvalue weighted by Gasteiger charge is 2.23. The number of fused-ring (bicyclic) bond motifs is 1. The summed E-state index contributed by atoms with van der Waals surface area (Å²) in [6, 6.07) is 4.26. The molecular weight excluding hydrogens is 503 g/mol. The van der Waals surface area contributed by atoms with E-state index in [0.717, 1.165) is 10.1 Å². The largest absolute Gasteiger partial charge is 0.332 e. The molecule has 0 saturated carbocycles. The predicted molar refractivity (Wildman–Crippen MR) is 131 cm³/mol. The molecule has 0 saturated heterocycles. The molecule has 0 radical (unpaired) electrons. The molecule has 13 heteroatoms. The van der Waals surface area contributed by atoms with Gasteiger partial charge in [-0.15, -0.1) is 11.3 Å². The van der Waals surface area contributed by atoms with Crippen LogP contribution in [0.25, 0.3) is 21.7 Å². The number of carbonyl (C=O) groups is 2. The van der Waals surface area contributed by atoms with E-state index in [1.54, 1.807) is 30.5 Å². The normalized spacial score (nSPS) is 12.1. The van der Waals surface area contributed by atoms with Crippen LogP contribution in [0.4, 0.5) is 5.82 Å². The lowest BCUT2D eigenvalue weighted by Gasteiger charge is -2.14. The third kappa shape index (κ3) is 4.29. The van der Waals surface area contributed by atoms with E-state index < -0.39 is 23.2 Å². The third-order valence-corrected chi connectivity index (χ3v) is 6.79. The number of hydrogen-bond acceptors (Lipinski definition) is 7. The fourth-order valence-corrected chi connectivity index (χ4v) is 4.44. The van der Waals surface area contributed by atoms with Gasteiger partial charge in [0.2, 0.25) is 5.91 Å². The van der Waals surface area contributed by atoms with Crippen molar-refractivity contribution >= 4 is 63.2 Å². The Morgan fingerprint density at radius 1 is 1.21 bits per heavy atom. The zero-order valence-electron chi connectivity index (χ0n) is 18.2. The molecule has 3 aromatic heterocycles. The van der Waals surface area contributed by atoms with Gasteiger partial charge in [0, 0.05) is 18.0 Å². The number of benzene rings is 1. The highest BCUT2D eigenvalue weighted by Crippen LogP contribution is 2.31. The number of halogens is 2. The van der Waals surface area contributed by atoms with Crippen LogP contribution in [-0.4, -0.2) is 35.4 Å². The van der Waals surface area contributed by atoms with Crippen LogP contribution in [0.15, 0.2) is 39.5 Å². The second kappa shape index (κ2) is 9.16. The lowest BCUT2D eigenvalue weighted by molar-refractivity contribution is -0.119. The number of amides is 1. The minimum Gasteiger partial charge on any atom is -0.312 e. The van der Waals surface area contributed by atoms with Crippen molar-refractivity contribution in [1.82, 2.24) is 23.7 Å². The van der Waals surface area contributed by atoms with Gasteiger partial charge in [0.25, 0.3) is 5.56 Å². The monoisotopic (exact) mass is 520 g/mol. The number of rotatable bonds is 6. The summed E-state index contributed by atoms with van der Waals surface area (Å²) in [5.41, 5.74) is -0.445. The molecule has 1 N–H and O–H groups in total. The van der Waals surface area contributed by atoms with Gasteiger partial charge in [-0.2, -0.15) is 0 Å². The average Bonchev–Trinajstić information content (AvgIpc) is 3.44. The van der Waals surface area contributed by atoms with E-state index in [9.17, 15) is 19.2 Å². The maximum Gasteiger partial charge on any atom is 0.332 e. The van der Waals surface area contributed by atoms with Gasteiger partial charge in [0.15, 0.2) is 11.2 Å². The van der Waals surface area contributed by atoms with Crippen LogP contribution in [0.5, 0.6) is 0 Å². The van der Waals surface area contributed by atoms with Crippen LogP contribution in [0, 0.1) is 0 Å². The van der Waals surface area contributed by atoms with Gasteiger partial charge < -0.3 is 9.88 Å². The number of aromatic nitrogens is 5. The Morgan fingerprint density at radius 3 is 2.62 bits per heavy atom. The Kier molecular flexibility index (Phi) is 6.43. The molecule has 0 bridgehead atoms. The number of nitrogens with one attached hydrogen (secondary N) is 1. The number of thiazole rings is 1. The molecule has 1 amide bonds. The zero-order valence-corrected chi connectivity index (χ0v) is 20.5. The Morgan fingerprint density at radius 2 is 1.94 bits per heavy atom. The molecule has 3 heterocycles. The van der Waals surface area contributed by atoms with E-state index in [1.165, 1.54) is 40.8 Å². The summed E-state index contributed by atoms with van der Waals surface area (Å²) in [5.74, 6) is -0.470. The summed E-state index contributed by atoms with van der Waals surface area (Å²) in [6.45, 7) is 2.50. The molecule has 176 valence electrons. The van der Waals surface area contributed by atoms with Gasteiger partial charge in [0.05, 0.1) is 22.9 Å². The first-order valence-electron chi connectivity index (χ1n) is 9.96. The highest BCUT2D eigenvalue weighted by molar-refractivity contribution is 7.13. The standard InChI is InChI=1S/C21H18Cl2N6O4S/c1-10(30)7-28-20(32)16-17(27(3)21(28)33)24-9-29(16)11(2)18(31)25-15-8-34-19(26-15)12-4-5-13(22)14(23)6-12/h4-6,8-9,11H,7H2,1-3H3,(H,25,31). The molecule has 34 heavy (non-hydrogen) atoms. The fraction of sp³-hybridized carbons (Fsp3) is 0.238. The molecular formula is C21H18Cl2N6O4S. The van der Waals surface area contributed by atoms with E-state index in [2.05, 4.69) is 15.3 Å².